The number of ketones is 1. The number of rotatable bonds is 10. The molecule has 6 fully saturated rings. The standard InChI is InChI=1S/C39H62N6O7/c1-34(2,3)27(31(49)44-17-18-52-37(21-44)15-16-37)42-33(51)43-28(35(4,5)6)32(50)45-22-39(36(7,8)38(39)13-10-14-38)20-25(45)30(48)41-24(26(46)29(40)47)19-23-11-9-12-23/h23-25,27-28H,9-22H2,1-8H3,(H2,40,47)(H,41,48)(H2,42,43,51)/t24?,25-,27+,28+,39+/m0/s1. The van der Waals surface area contributed by atoms with Gasteiger partial charge in [-0.15, -0.1) is 0 Å². The van der Waals surface area contributed by atoms with Gasteiger partial charge in [-0.1, -0.05) is 81.1 Å². The molecule has 0 aromatic rings. The number of Topliss-reactive ketones (excluding diaryl/α,β-unsaturated/α-hetero) is 1. The quantitative estimate of drug-likeness (QED) is 0.250. The van der Waals surface area contributed by atoms with Gasteiger partial charge in [0.25, 0.3) is 5.91 Å². The van der Waals surface area contributed by atoms with Crippen LogP contribution in [0.5, 0.6) is 0 Å². The number of likely N-dealkylation sites (tertiary alicyclic amines) is 1. The lowest BCUT2D eigenvalue weighted by molar-refractivity contribution is -0.145. The number of ether oxygens (including phenoxy) is 1. The van der Waals surface area contributed by atoms with Crippen molar-refractivity contribution in [2.75, 3.05) is 26.2 Å². The van der Waals surface area contributed by atoms with Gasteiger partial charge >= 0.3 is 6.03 Å². The average Bonchev–Trinajstić information content (AvgIpc) is 3.75. The second-order valence-electron chi connectivity index (χ2n) is 19.7. The van der Waals surface area contributed by atoms with Crippen LogP contribution in [0.3, 0.4) is 0 Å². The van der Waals surface area contributed by atoms with Crippen LogP contribution in [0.25, 0.3) is 0 Å². The Kier molecular flexibility index (Phi) is 9.60. The molecule has 1 unspecified atom stereocenters. The van der Waals surface area contributed by atoms with Crippen molar-refractivity contribution in [2.24, 2.45) is 38.7 Å². The number of hydrogen-bond acceptors (Lipinski definition) is 7. The van der Waals surface area contributed by atoms with Crippen LogP contribution in [0.2, 0.25) is 0 Å². The Morgan fingerprint density at radius 1 is 0.808 bits per heavy atom. The number of fused-ring (bicyclic) bond motifs is 1. The fourth-order valence-electron chi connectivity index (χ4n) is 10.2. The largest absolute Gasteiger partial charge is 0.371 e. The molecule has 0 aromatic carbocycles. The van der Waals surface area contributed by atoms with E-state index in [0.717, 1.165) is 51.4 Å². The first-order chi connectivity index (χ1) is 24.1. The fourth-order valence-corrected chi connectivity index (χ4v) is 10.2. The zero-order valence-corrected chi connectivity index (χ0v) is 32.6. The van der Waals surface area contributed by atoms with Gasteiger partial charge in [0.05, 0.1) is 18.2 Å². The third kappa shape index (κ3) is 6.50. The van der Waals surface area contributed by atoms with E-state index in [0.29, 0.717) is 39.1 Å². The van der Waals surface area contributed by atoms with Gasteiger partial charge in [0.2, 0.25) is 23.5 Å². The molecule has 5 N–H and O–H groups in total. The number of hydrogen-bond donors (Lipinski definition) is 4. The number of urea groups is 1. The first kappa shape index (κ1) is 38.5. The molecule has 2 saturated heterocycles. The van der Waals surface area contributed by atoms with E-state index in [-0.39, 0.29) is 33.7 Å². The number of nitrogens with one attached hydrogen (secondary N) is 3. The summed E-state index contributed by atoms with van der Waals surface area (Å²) in [5, 5.41) is 8.71. The molecule has 13 nitrogen and oxygen atoms in total. The van der Waals surface area contributed by atoms with E-state index < -0.39 is 64.5 Å². The van der Waals surface area contributed by atoms with Crippen LogP contribution in [0, 0.1) is 33.0 Å². The maximum Gasteiger partial charge on any atom is 0.316 e. The van der Waals surface area contributed by atoms with Crippen molar-refractivity contribution < 1.29 is 33.5 Å². The van der Waals surface area contributed by atoms with Gasteiger partial charge in [-0.3, -0.25) is 24.0 Å². The molecule has 4 aliphatic carbocycles. The fraction of sp³-hybridized carbons (Fsp3) is 0.846. The van der Waals surface area contributed by atoms with Crippen LogP contribution in [0.1, 0.15) is 120 Å². The van der Waals surface area contributed by atoms with Crippen molar-refractivity contribution in [1.82, 2.24) is 25.8 Å². The van der Waals surface area contributed by atoms with Crippen LogP contribution >= 0.6 is 0 Å². The smallest absolute Gasteiger partial charge is 0.316 e. The van der Waals surface area contributed by atoms with E-state index in [1.165, 1.54) is 0 Å². The lowest BCUT2D eigenvalue weighted by atomic mass is 9.73. The summed E-state index contributed by atoms with van der Waals surface area (Å²) >= 11 is 0. The molecule has 3 spiro atoms. The molecule has 290 valence electrons. The summed E-state index contributed by atoms with van der Waals surface area (Å²) in [5.74, 6) is -2.75. The first-order valence-corrected chi connectivity index (χ1v) is 19.5. The summed E-state index contributed by atoms with van der Waals surface area (Å²) in [6.07, 6.45) is 8.61. The van der Waals surface area contributed by atoms with Crippen molar-refractivity contribution >= 4 is 35.4 Å². The van der Waals surface area contributed by atoms with E-state index in [1.807, 2.05) is 41.5 Å². The monoisotopic (exact) mass is 726 g/mol. The zero-order chi connectivity index (χ0) is 38.2. The number of nitrogens with zero attached hydrogens (tertiary/aromatic N) is 2. The van der Waals surface area contributed by atoms with Gasteiger partial charge in [-0.05, 0) is 66.1 Å². The molecule has 52 heavy (non-hydrogen) atoms. The number of nitrogens with two attached hydrogens (primary N) is 1. The second kappa shape index (κ2) is 13.0. The highest BCUT2D eigenvalue weighted by Crippen LogP contribution is 2.88. The summed E-state index contributed by atoms with van der Waals surface area (Å²) < 4.78 is 5.92. The average molecular weight is 727 g/mol. The maximum atomic E-state index is 14.9. The van der Waals surface area contributed by atoms with Gasteiger partial charge in [0.15, 0.2) is 0 Å². The molecular formula is C39H62N6O7. The van der Waals surface area contributed by atoms with Gasteiger partial charge < -0.3 is 36.2 Å². The molecule has 6 rings (SSSR count). The van der Waals surface area contributed by atoms with Crippen molar-refractivity contribution in [1.29, 1.82) is 0 Å². The van der Waals surface area contributed by atoms with Crippen molar-refractivity contribution in [3.63, 3.8) is 0 Å². The highest BCUT2D eigenvalue weighted by molar-refractivity contribution is 6.37. The molecule has 2 aliphatic heterocycles. The maximum absolute atomic E-state index is 14.9. The topological polar surface area (TPSA) is 180 Å². The van der Waals surface area contributed by atoms with E-state index in [1.54, 1.807) is 9.80 Å². The normalized spacial score (nSPS) is 28.7. The second-order valence-corrected chi connectivity index (χ2v) is 19.7. The zero-order valence-electron chi connectivity index (χ0n) is 32.6. The number of morpholine rings is 1. The highest BCUT2D eigenvalue weighted by Gasteiger charge is 2.85. The van der Waals surface area contributed by atoms with E-state index in [2.05, 4.69) is 29.8 Å². The van der Waals surface area contributed by atoms with Gasteiger partial charge in [-0.2, -0.15) is 0 Å². The minimum Gasteiger partial charge on any atom is -0.371 e. The SMILES string of the molecule is CC(C)(C)[C@H](NC(=O)N[C@H](C(=O)N1C[C@]2(C[C@H]1C(=O)NC(CC1CCC1)C(=O)C(N)=O)C(C)(C)C21CCC1)C(C)(C)C)C(=O)N1CCOC2(CC2)C1. The summed E-state index contributed by atoms with van der Waals surface area (Å²) in [4.78, 5) is 85.3. The van der Waals surface area contributed by atoms with Crippen molar-refractivity contribution in [2.45, 2.75) is 149 Å². The molecule has 0 aromatic heterocycles. The van der Waals surface area contributed by atoms with E-state index >= 15 is 0 Å². The minimum atomic E-state index is -1.09. The highest BCUT2D eigenvalue weighted by atomic mass is 16.5. The van der Waals surface area contributed by atoms with E-state index in [9.17, 15) is 28.8 Å². The molecule has 6 amide bonds. The lowest BCUT2D eigenvalue weighted by Gasteiger charge is -2.40. The number of carbonyl (C=O) groups is 6. The number of amides is 6. The Morgan fingerprint density at radius 3 is 1.87 bits per heavy atom. The Balaban J connectivity index is 1.23. The van der Waals surface area contributed by atoms with Crippen LogP contribution < -0.4 is 21.7 Å². The number of carbonyl (C=O) groups excluding carboxylic acids is 6. The summed E-state index contributed by atoms with van der Waals surface area (Å²) in [6, 6.07) is -4.48. The third-order valence-electron chi connectivity index (χ3n) is 14.2. The van der Waals surface area contributed by atoms with Crippen molar-refractivity contribution in [3.05, 3.63) is 0 Å². The Labute approximate surface area is 308 Å². The molecule has 0 radical (unpaired) electrons. The minimum absolute atomic E-state index is 0.0167. The third-order valence-corrected chi connectivity index (χ3v) is 14.2. The van der Waals surface area contributed by atoms with Crippen LogP contribution in [-0.2, 0) is 28.7 Å². The van der Waals surface area contributed by atoms with Crippen LogP contribution in [0.15, 0.2) is 0 Å². The molecule has 2 heterocycles. The van der Waals surface area contributed by atoms with E-state index in [4.69, 9.17) is 10.5 Å². The molecule has 0 bridgehead atoms. The van der Waals surface area contributed by atoms with Gasteiger partial charge in [0, 0.05) is 25.0 Å². The molecule has 4 saturated carbocycles. The number of primary amides is 1. The van der Waals surface area contributed by atoms with Gasteiger partial charge in [-0.25, -0.2) is 4.79 Å². The predicted molar refractivity (Wildman–Crippen MR) is 193 cm³/mol. The summed E-state index contributed by atoms with van der Waals surface area (Å²) in [6.45, 7) is 17.5. The predicted octanol–water partition coefficient (Wildman–Crippen LogP) is 3.03. The first-order valence-electron chi connectivity index (χ1n) is 19.5. The van der Waals surface area contributed by atoms with Crippen LogP contribution in [-0.4, -0.2) is 101 Å². The lowest BCUT2D eigenvalue weighted by Crippen LogP contribution is -2.63. The summed E-state index contributed by atoms with van der Waals surface area (Å²) in [5.41, 5.74) is 3.37. The van der Waals surface area contributed by atoms with Gasteiger partial charge in [0.1, 0.15) is 18.1 Å². The molecule has 13 heteroatoms. The Bertz CT molecular complexity index is 1500. The van der Waals surface area contributed by atoms with Crippen molar-refractivity contribution in [3.8, 4) is 0 Å². The molecule has 6 aliphatic rings. The Morgan fingerprint density at radius 2 is 1.40 bits per heavy atom. The molecule has 5 atom stereocenters. The molecular weight excluding hydrogens is 664 g/mol. The van der Waals surface area contributed by atoms with Crippen LogP contribution in [0.4, 0.5) is 4.79 Å². The Hall–Kier alpha value is -3.22. The summed E-state index contributed by atoms with van der Waals surface area (Å²) in [7, 11) is 0.